The van der Waals surface area contributed by atoms with Crippen LogP contribution in [0.4, 0.5) is 0 Å². The van der Waals surface area contributed by atoms with E-state index in [0.29, 0.717) is 0 Å². The van der Waals surface area contributed by atoms with E-state index < -0.39 is 29.8 Å². The third kappa shape index (κ3) is 3.55. The molecule has 1 aromatic carbocycles. The van der Waals surface area contributed by atoms with Gasteiger partial charge in [0.2, 0.25) is 10.0 Å². The van der Waals surface area contributed by atoms with Crippen molar-refractivity contribution >= 4 is 20.0 Å². The molecule has 0 saturated carbocycles. The second-order valence-electron chi connectivity index (χ2n) is 3.23. The van der Waals surface area contributed by atoms with Crippen molar-refractivity contribution < 1.29 is 16.8 Å². The van der Waals surface area contributed by atoms with E-state index in [2.05, 4.69) is 20.7 Å². The lowest BCUT2D eigenvalue weighted by Crippen LogP contribution is -2.25. The SMILES string of the molecule is C=CCNS(=O)(=O)c1ccccc1S(=O)(=O)N=[N+]=[N-]. The van der Waals surface area contributed by atoms with Crippen molar-refractivity contribution in [2.45, 2.75) is 9.79 Å². The number of rotatable bonds is 6. The van der Waals surface area contributed by atoms with Crippen LogP contribution < -0.4 is 4.72 Å². The molecule has 8 nitrogen and oxygen atoms in total. The summed E-state index contributed by atoms with van der Waals surface area (Å²) in [5, 5.41) is 0. The molecule has 19 heavy (non-hydrogen) atoms. The highest BCUT2D eigenvalue weighted by atomic mass is 32.2. The third-order valence-electron chi connectivity index (χ3n) is 1.98. The lowest BCUT2D eigenvalue weighted by atomic mass is 10.4. The zero-order valence-corrected chi connectivity index (χ0v) is 11.2. The lowest BCUT2D eigenvalue weighted by molar-refractivity contribution is 0.576. The molecule has 10 heteroatoms. The summed E-state index contributed by atoms with van der Waals surface area (Å²) < 4.78 is 51.8. The summed E-state index contributed by atoms with van der Waals surface area (Å²) in [6.07, 6.45) is 1.31. The summed E-state index contributed by atoms with van der Waals surface area (Å²) >= 11 is 0. The molecule has 0 heterocycles. The molecule has 0 spiro atoms. The minimum Gasteiger partial charge on any atom is -0.216 e. The first kappa shape index (κ1) is 15.2. The molecule has 102 valence electrons. The smallest absolute Gasteiger partial charge is 0.216 e. The molecule has 0 unspecified atom stereocenters. The van der Waals surface area contributed by atoms with Crippen LogP contribution >= 0.6 is 0 Å². The summed E-state index contributed by atoms with van der Waals surface area (Å²) in [5.74, 6) is 0. The Bertz CT molecular complexity index is 733. The van der Waals surface area contributed by atoms with Gasteiger partial charge in [0.1, 0.15) is 4.90 Å². The van der Waals surface area contributed by atoms with E-state index in [1.807, 2.05) is 0 Å². The van der Waals surface area contributed by atoms with Gasteiger partial charge in [-0.25, -0.2) is 21.6 Å². The first-order valence-corrected chi connectivity index (χ1v) is 7.78. The first-order valence-electron chi connectivity index (χ1n) is 4.86. The maximum absolute atomic E-state index is 11.9. The Kier molecular flexibility index (Phi) is 4.67. The molecule has 0 fully saturated rings. The molecule has 0 aliphatic rings. The van der Waals surface area contributed by atoms with Crippen LogP contribution in [0.5, 0.6) is 0 Å². The average Bonchev–Trinajstić information content (AvgIpc) is 2.36. The van der Waals surface area contributed by atoms with Crippen molar-refractivity contribution in [3.8, 4) is 0 Å². The van der Waals surface area contributed by atoms with E-state index in [1.165, 1.54) is 18.2 Å². The predicted octanol–water partition coefficient (Wildman–Crippen LogP) is 1.15. The molecule has 0 radical (unpaired) electrons. The summed E-state index contributed by atoms with van der Waals surface area (Å²) in [6.45, 7) is 3.29. The molecule has 1 N–H and O–H groups in total. The lowest BCUT2D eigenvalue weighted by Gasteiger charge is -2.08. The average molecular weight is 302 g/mol. The molecule has 0 aromatic heterocycles. The number of hydrogen-bond acceptors (Lipinski definition) is 4. The van der Waals surface area contributed by atoms with Crippen LogP contribution in [0, 0.1) is 0 Å². The van der Waals surface area contributed by atoms with Gasteiger partial charge < -0.3 is 0 Å². The van der Waals surface area contributed by atoms with E-state index >= 15 is 0 Å². The Hall–Kier alpha value is -1.87. The number of nitrogens with one attached hydrogen (secondary N) is 1. The van der Waals surface area contributed by atoms with Crippen LogP contribution in [0.1, 0.15) is 0 Å². The van der Waals surface area contributed by atoms with Gasteiger partial charge in [-0.15, -0.1) is 6.58 Å². The fourth-order valence-corrected chi connectivity index (χ4v) is 3.71. The molecular formula is C9H10N4O4S2. The van der Waals surface area contributed by atoms with Crippen molar-refractivity contribution in [2.24, 2.45) is 4.52 Å². The minimum atomic E-state index is -4.39. The number of nitrogens with zero attached hydrogens (tertiary/aromatic N) is 3. The van der Waals surface area contributed by atoms with Gasteiger partial charge in [-0.1, -0.05) is 18.2 Å². The van der Waals surface area contributed by atoms with Crippen molar-refractivity contribution in [1.29, 1.82) is 0 Å². The van der Waals surface area contributed by atoms with Crippen LogP contribution in [0.15, 0.2) is 51.2 Å². The summed E-state index contributed by atoms with van der Waals surface area (Å²) in [7, 11) is -8.42. The molecule has 0 amide bonds. The Morgan fingerprint density at radius 3 is 2.37 bits per heavy atom. The van der Waals surface area contributed by atoms with Gasteiger partial charge >= 0.3 is 0 Å². The van der Waals surface area contributed by atoms with Gasteiger partial charge in [-0.05, 0) is 17.7 Å². The number of azide groups is 1. The molecule has 0 aliphatic heterocycles. The maximum atomic E-state index is 11.9. The minimum absolute atomic E-state index is 0.0573. The Morgan fingerprint density at radius 1 is 1.26 bits per heavy atom. The van der Waals surface area contributed by atoms with Crippen molar-refractivity contribution in [1.82, 2.24) is 4.72 Å². The fraction of sp³-hybridized carbons (Fsp3) is 0.111. The monoisotopic (exact) mass is 302 g/mol. The maximum Gasteiger partial charge on any atom is 0.265 e. The first-order chi connectivity index (χ1) is 8.85. The molecule has 0 atom stereocenters. The van der Waals surface area contributed by atoms with Crippen molar-refractivity contribution in [3.63, 3.8) is 0 Å². The summed E-state index contributed by atoms with van der Waals surface area (Å²) in [5.41, 5.74) is 8.20. The number of benzene rings is 1. The topological polar surface area (TPSA) is 129 Å². The van der Waals surface area contributed by atoms with Gasteiger partial charge in [0.05, 0.1) is 4.90 Å². The van der Waals surface area contributed by atoms with Gasteiger partial charge in [0.25, 0.3) is 10.0 Å². The molecule has 1 rings (SSSR count). The second kappa shape index (κ2) is 5.85. The molecule has 0 saturated heterocycles. The third-order valence-corrected chi connectivity index (χ3v) is 4.79. The highest BCUT2D eigenvalue weighted by Crippen LogP contribution is 2.22. The van der Waals surface area contributed by atoms with Gasteiger partial charge in [-0.3, -0.25) is 0 Å². The standard InChI is InChI=1S/C9H10N4O4S2/c1-2-7-11-18(14,15)8-5-3-4-6-9(8)19(16,17)13-12-10/h2-6,11H,1,7H2. The largest absolute Gasteiger partial charge is 0.265 e. The van der Waals surface area contributed by atoms with E-state index in [1.54, 1.807) is 0 Å². The normalized spacial score (nSPS) is 11.6. The second-order valence-corrected chi connectivity index (χ2v) is 6.52. The van der Waals surface area contributed by atoms with Crippen LogP contribution in [-0.2, 0) is 20.0 Å². The molecule has 0 bridgehead atoms. The zero-order valence-electron chi connectivity index (χ0n) is 9.59. The predicted molar refractivity (Wildman–Crippen MR) is 68.2 cm³/mol. The molecule has 0 aliphatic carbocycles. The van der Waals surface area contributed by atoms with E-state index in [0.717, 1.165) is 12.1 Å². The highest BCUT2D eigenvalue weighted by Gasteiger charge is 2.24. The Balaban J connectivity index is 3.48. The fourth-order valence-electron chi connectivity index (χ4n) is 1.22. The Morgan fingerprint density at radius 2 is 1.84 bits per heavy atom. The summed E-state index contributed by atoms with van der Waals surface area (Å²) in [6, 6.07) is 4.83. The van der Waals surface area contributed by atoms with Crippen LogP contribution in [0.2, 0.25) is 0 Å². The van der Waals surface area contributed by atoms with Crippen LogP contribution in [0.25, 0.3) is 10.4 Å². The molecule has 1 aromatic rings. The number of hydrogen-bond donors (Lipinski definition) is 1. The van der Waals surface area contributed by atoms with Crippen LogP contribution in [0.3, 0.4) is 0 Å². The number of sulfonamides is 2. The van der Waals surface area contributed by atoms with E-state index in [4.69, 9.17) is 5.53 Å². The van der Waals surface area contributed by atoms with E-state index in [-0.39, 0.29) is 6.54 Å². The van der Waals surface area contributed by atoms with Crippen LogP contribution in [-0.4, -0.2) is 23.4 Å². The van der Waals surface area contributed by atoms with Gasteiger partial charge in [0.15, 0.2) is 0 Å². The quantitative estimate of drug-likeness (QED) is 0.365. The van der Waals surface area contributed by atoms with Gasteiger partial charge in [0, 0.05) is 16.0 Å². The molecular weight excluding hydrogens is 292 g/mol. The van der Waals surface area contributed by atoms with E-state index in [9.17, 15) is 16.8 Å². The van der Waals surface area contributed by atoms with Gasteiger partial charge in [-0.2, -0.15) is 0 Å². The van der Waals surface area contributed by atoms with Crippen molar-refractivity contribution in [3.05, 3.63) is 47.4 Å². The zero-order chi connectivity index (χ0) is 14.5. The van der Waals surface area contributed by atoms with Crippen molar-refractivity contribution in [2.75, 3.05) is 6.54 Å². The Labute approximate surface area is 110 Å². The summed E-state index contributed by atoms with van der Waals surface area (Å²) in [4.78, 5) is 1.11. The highest BCUT2D eigenvalue weighted by molar-refractivity contribution is 7.92.